The van der Waals surface area contributed by atoms with E-state index < -0.39 is 0 Å². The predicted octanol–water partition coefficient (Wildman–Crippen LogP) is 5.52. The first kappa shape index (κ1) is 19.7. The third kappa shape index (κ3) is 3.55. The van der Waals surface area contributed by atoms with E-state index in [1.165, 1.54) is 0 Å². The molecule has 1 aromatic heterocycles. The fourth-order valence-electron chi connectivity index (χ4n) is 4.83. The van der Waals surface area contributed by atoms with Crippen molar-refractivity contribution in [3.05, 3.63) is 108 Å². The summed E-state index contributed by atoms with van der Waals surface area (Å²) < 4.78 is 13.4. The molecule has 6 rings (SSSR count). The first-order valence-corrected chi connectivity index (χ1v) is 11.3. The molecule has 1 amide bonds. The average molecular weight is 437 g/mol. The molecule has 0 spiro atoms. The highest BCUT2D eigenvalue weighted by atomic mass is 16.7. The number of rotatable bonds is 3. The number of amides is 1. The van der Waals surface area contributed by atoms with Gasteiger partial charge in [0.2, 0.25) is 6.79 Å². The number of hydrogen-bond acceptors (Lipinski definition) is 3. The van der Waals surface area contributed by atoms with Gasteiger partial charge in [0.25, 0.3) is 5.91 Å². The fraction of sp³-hybridized carbons (Fsp3) is 0.179. The van der Waals surface area contributed by atoms with Crippen LogP contribution in [0.1, 0.15) is 34.1 Å². The summed E-state index contributed by atoms with van der Waals surface area (Å²) in [5.41, 5.74) is 5.07. The van der Waals surface area contributed by atoms with Crippen molar-refractivity contribution in [1.82, 2.24) is 9.47 Å². The number of aromatic nitrogens is 1. The zero-order valence-electron chi connectivity index (χ0n) is 18.2. The third-order valence-corrected chi connectivity index (χ3v) is 6.47. The molecule has 33 heavy (non-hydrogen) atoms. The summed E-state index contributed by atoms with van der Waals surface area (Å²) in [5.74, 6) is 1.51. The van der Waals surface area contributed by atoms with Crippen LogP contribution < -0.4 is 9.47 Å². The zero-order chi connectivity index (χ0) is 22.2. The van der Waals surface area contributed by atoms with E-state index in [2.05, 4.69) is 35.0 Å². The first-order chi connectivity index (χ1) is 16.3. The maximum Gasteiger partial charge on any atom is 0.254 e. The maximum atomic E-state index is 13.8. The summed E-state index contributed by atoms with van der Waals surface area (Å²) in [6, 6.07) is 28.1. The Kier molecular flexibility index (Phi) is 4.87. The van der Waals surface area contributed by atoms with Gasteiger partial charge in [-0.15, -0.1) is 0 Å². The standard InChI is InChI=1S/C28H24N2O3/c31-28(22-11-9-21(10-12-22)20-6-2-1-3-7-20)30-17-5-16-29-15-4-8-24(29)27(30)23-13-14-25-26(18-23)33-19-32-25/h1-4,6-15,18,27H,5,16-17,19H2. The Morgan fingerprint density at radius 1 is 0.788 bits per heavy atom. The monoisotopic (exact) mass is 436 g/mol. The predicted molar refractivity (Wildman–Crippen MR) is 126 cm³/mol. The Morgan fingerprint density at radius 3 is 2.42 bits per heavy atom. The number of fused-ring (bicyclic) bond motifs is 2. The smallest absolute Gasteiger partial charge is 0.254 e. The zero-order valence-corrected chi connectivity index (χ0v) is 18.2. The van der Waals surface area contributed by atoms with Crippen LogP contribution >= 0.6 is 0 Å². The molecule has 2 aliphatic rings. The Labute approximate surface area is 192 Å². The third-order valence-electron chi connectivity index (χ3n) is 6.47. The second-order valence-electron chi connectivity index (χ2n) is 8.44. The highest BCUT2D eigenvalue weighted by Crippen LogP contribution is 2.39. The topological polar surface area (TPSA) is 43.7 Å². The summed E-state index contributed by atoms with van der Waals surface area (Å²) in [7, 11) is 0. The van der Waals surface area contributed by atoms with Crippen LogP contribution in [0.2, 0.25) is 0 Å². The minimum absolute atomic E-state index is 0.0342. The lowest BCUT2D eigenvalue weighted by atomic mass is 9.99. The van der Waals surface area contributed by atoms with Gasteiger partial charge in [0.15, 0.2) is 11.5 Å². The van der Waals surface area contributed by atoms with E-state index in [4.69, 9.17) is 9.47 Å². The van der Waals surface area contributed by atoms with Gasteiger partial charge in [-0.3, -0.25) is 4.79 Å². The van der Waals surface area contributed by atoms with E-state index in [0.717, 1.165) is 46.8 Å². The lowest BCUT2D eigenvalue weighted by molar-refractivity contribution is 0.0709. The van der Waals surface area contributed by atoms with E-state index in [1.54, 1.807) is 0 Å². The maximum absolute atomic E-state index is 13.8. The number of hydrogen-bond donors (Lipinski definition) is 0. The van der Waals surface area contributed by atoms with Gasteiger partial charge in [-0.2, -0.15) is 0 Å². The van der Waals surface area contributed by atoms with Crippen LogP contribution in [0.15, 0.2) is 91.1 Å². The molecular weight excluding hydrogens is 412 g/mol. The number of carbonyl (C=O) groups excluding carboxylic acids is 1. The number of carbonyl (C=O) groups is 1. The summed E-state index contributed by atoms with van der Waals surface area (Å²) >= 11 is 0. The molecule has 0 saturated carbocycles. The Morgan fingerprint density at radius 2 is 1.58 bits per heavy atom. The number of ether oxygens (including phenoxy) is 2. The van der Waals surface area contributed by atoms with Crippen molar-refractivity contribution < 1.29 is 14.3 Å². The highest BCUT2D eigenvalue weighted by molar-refractivity contribution is 5.95. The molecule has 0 saturated heterocycles. The molecule has 0 bridgehead atoms. The lowest BCUT2D eigenvalue weighted by Crippen LogP contribution is -2.35. The van der Waals surface area contributed by atoms with Crippen molar-refractivity contribution in [1.29, 1.82) is 0 Å². The van der Waals surface area contributed by atoms with Gasteiger partial charge >= 0.3 is 0 Å². The first-order valence-electron chi connectivity index (χ1n) is 11.3. The molecule has 3 aromatic carbocycles. The van der Waals surface area contributed by atoms with Crippen molar-refractivity contribution >= 4 is 5.91 Å². The van der Waals surface area contributed by atoms with Crippen LogP contribution in [-0.2, 0) is 6.54 Å². The molecule has 0 N–H and O–H groups in total. The average Bonchev–Trinajstić information content (AvgIpc) is 3.49. The molecule has 4 aromatic rings. The number of benzene rings is 3. The summed E-state index contributed by atoms with van der Waals surface area (Å²) in [6.07, 6.45) is 2.99. The molecule has 1 atom stereocenters. The van der Waals surface area contributed by atoms with Crippen LogP contribution in [0.3, 0.4) is 0 Å². The van der Waals surface area contributed by atoms with Crippen molar-refractivity contribution in [2.75, 3.05) is 13.3 Å². The van der Waals surface area contributed by atoms with Crippen molar-refractivity contribution in [3.8, 4) is 22.6 Å². The van der Waals surface area contributed by atoms with Gasteiger partial charge in [-0.05, 0) is 59.5 Å². The van der Waals surface area contributed by atoms with Crippen LogP contribution in [0.4, 0.5) is 0 Å². The molecule has 2 aliphatic heterocycles. The summed E-state index contributed by atoms with van der Waals surface area (Å²) in [6.45, 7) is 1.80. The van der Waals surface area contributed by atoms with Gasteiger partial charge in [0, 0.05) is 30.5 Å². The van der Waals surface area contributed by atoms with Crippen LogP contribution in [0.5, 0.6) is 11.5 Å². The van der Waals surface area contributed by atoms with Gasteiger partial charge in [-0.1, -0.05) is 48.5 Å². The van der Waals surface area contributed by atoms with Crippen molar-refractivity contribution in [2.24, 2.45) is 0 Å². The van der Waals surface area contributed by atoms with E-state index in [1.807, 2.05) is 65.6 Å². The van der Waals surface area contributed by atoms with Crippen molar-refractivity contribution in [3.63, 3.8) is 0 Å². The van der Waals surface area contributed by atoms with Gasteiger partial charge in [0.1, 0.15) is 0 Å². The molecule has 164 valence electrons. The molecule has 0 radical (unpaired) electrons. The normalized spacial score (nSPS) is 16.8. The van der Waals surface area contributed by atoms with E-state index in [9.17, 15) is 4.79 Å². The number of aryl methyl sites for hydroxylation is 1. The molecule has 0 aliphatic carbocycles. The second kappa shape index (κ2) is 8.17. The highest BCUT2D eigenvalue weighted by Gasteiger charge is 2.32. The van der Waals surface area contributed by atoms with Crippen LogP contribution in [-0.4, -0.2) is 28.7 Å². The van der Waals surface area contributed by atoms with Crippen LogP contribution in [0, 0.1) is 0 Å². The summed E-state index contributed by atoms with van der Waals surface area (Å²) in [5, 5.41) is 0. The minimum Gasteiger partial charge on any atom is -0.454 e. The Hall–Kier alpha value is -3.99. The lowest BCUT2D eigenvalue weighted by Gasteiger charge is -2.31. The molecule has 1 unspecified atom stereocenters. The van der Waals surface area contributed by atoms with E-state index >= 15 is 0 Å². The van der Waals surface area contributed by atoms with E-state index in [-0.39, 0.29) is 18.7 Å². The molecular formula is C28H24N2O3. The molecule has 5 nitrogen and oxygen atoms in total. The molecule has 0 fully saturated rings. The van der Waals surface area contributed by atoms with Gasteiger partial charge in [0.05, 0.1) is 6.04 Å². The Balaban J connectivity index is 1.37. The van der Waals surface area contributed by atoms with E-state index in [0.29, 0.717) is 12.1 Å². The SMILES string of the molecule is O=C(c1ccc(-c2ccccc2)cc1)N1CCCn2cccc2C1c1ccc2c(c1)OCO2. The van der Waals surface area contributed by atoms with Gasteiger partial charge in [-0.25, -0.2) is 0 Å². The Bertz CT molecular complexity index is 1290. The summed E-state index contributed by atoms with van der Waals surface area (Å²) in [4.78, 5) is 15.8. The molecule has 3 heterocycles. The largest absolute Gasteiger partial charge is 0.454 e. The molecule has 5 heteroatoms. The quantitative estimate of drug-likeness (QED) is 0.425. The van der Waals surface area contributed by atoms with Crippen molar-refractivity contribution in [2.45, 2.75) is 19.0 Å². The van der Waals surface area contributed by atoms with Gasteiger partial charge < -0.3 is 18.9 Å². The second-order valence-corrected chi connectivity index (χ2v) is 8.44. The van der Waals surface area contributed by atoms with Crippen LogP contribution in [0.25, 0.3) is 11.1 Å². The minimum atomic E-state index is -0.196. The fourth-order valence-corrected chi connectivity index (χ4v) is 4.83. The number of nitrogens with zero attached hydrogens (tertiary/aromatic N) is 2.